The fourth-order valence-electron chi connectivity index (χ4n) is 5.04. The minimum absolute atomic E-state index is 0.121. The molecule has 0 spiro atoms. The Morgan fingerprint density at radius 2 is 1.39 bits per heavy atom. The van der Waals surface area contributed by atoms with Gasteiger partial charge >= 0.3 is 18.5 Å². The van der Waals surface area contributed by atoms with Crippen molar-refractivity contribution in [2.75, 3.05) is 0 Å². The van der Waals surface area contributed by atoms with Crippen LogP contribution in [0.15, 0.2) is 0 Å². The summed E-state index contributed by atoms with van der Waals surface area (Å²) in [6, 6.07) is 0. The maximum atomic E-state index is 13.5. The van der Waals surface area contributed by atoms with Crippen molar-refractivity contribution < 1.29 is 54.8 Å². The lowest BCUT2D eigenvalue weighted by atomic mass is 9.64. The van der Waals surface area contributed by atoms with E-state index in [1.54, 1.807) is 0 Å². The zero-order chi connectivity index (χ0) is 21.9. The molecule has 0 aromatic carbocycles. The van der Waals surface area contributed by atoms with E-state index >= 15 is 0 Å². The predicted molar refractivity (Wildman–Crippen MR) is 76.8 cm³/mol. The van der Waals surface area contributed by atoms with Gasteiger partial charge in [-0.1, -0.05) is 6.92 Å². The number of fused-ring (bicyclic) bond motifs is 2. The Labute approximate surface area is 154 Å². The topological polar surface area (TPSA) is 49.7 Å². The lowest BCUT2D eigenvalue weighted by molar-refractivity contribution is -0.395. The molecule has 0 aliphatic heterocycles. The highest BCUT2D eigenvalue weighted by atomic mass is 19.4. The monoisotopic (exact) mass is 432 g/mol. The van der Waals surface area contributed by atoms with Crippen molar-refractivity contribution in [3.63, 3.8) is 0 Å². The number of halogens is 9. The van der Waals surface area contributed by atoms with Gasteiger partial charge in [-0.2, -0.15) is 39.5 Å². The van der Waals surface area contributed by atoms with E-state index < -0.39 is 72.2 Å². The van der Waals surface area contributed by atoms with E-state index in [2.05, 4.69) is 4.89 Å². The third-order valence-electron chi connectivity index (χ3n) is 6.78. The molecule has 6 unspecified atom stereocenters. The largest absolute Gasteiger partial charge is 0.426 e. The van der Waals surface area contributed by atoms with Crippen molar-refractivity contribution >= 4 is 0 Å². The fourth-order valence-corrected chi connectivity index (χ4v) is 5.04. The standard InChI is InChI=1S/C16H21F9O3/c1-3-12(2,14(17,18)19)11(28-27)9-5-7-4-8(9)10(6-7)13(26,15(20,21)22)16(23,24)25/h7-11,26-27H,3-6H2,1-2H3. The third kappa shape index (κ3) is 3.28. The number of alkyl halides is 9. The first kappa shape index (κ1) is 23.5. The van der Waals surface area contributed by atoms with Crippen molar-refractivity contribution in [3.8, 4) is 0 Å². The Morgan fingerprint density at radius 3 is 1.71 bits per heavy atom. The first-order chi connectivity index (χ1) is 12.5. The van der Waals surface area contributed by atoms with Crippen LogP contribution in [0.4, 0.5) is 39.5 Å². The summed E-state index contributed by atoms with van der Waals surface area (Å²) < 4.78 is 120. The molecular weight excluding hydrogens is 411 g/mol. The van der Waals surface area contributed by atoms with Crippen LogP contribution in [0.2, 0.25) is 0 Å². The molecule has 0 saturated heterocycles. The second-order valence-electron chi connectivity index (χ2n) is 8.06. The molecule has 2 rings (SSSR count). The molecule has 0 radical (unpaired) electrons. The third-order valence-corrected chi connectivity index (χ3v) is 6.78. The van der Waals surface area contributed by atoms with Gasteiger partial charge in [-0.25, -0.2) is 4.89 Å². The van der Waals surface area contributed by atoms with Crippen LogP contribution in [-0.2, 0) is 4.89 Å². The maximum Gasteiger partial charge on any atom is 0.426 e. The average Bonchev–Trinajstić information content (AvgIpc) is 3.11. The van der Waals surface area contributed by atoms with E-state index in [9.17, 15) is 44.6 Å². The lowest BCUT2D eigenvalue weighted by Gasteiger charge is -2.47. The molecule has 2 bridgehead atoms. The molecule has 12 heteroatoms. The Balaban J connectivity index is 2.47. The Morgan fingerprint density at radius 1 is 0.893 bits per heavy atom. The van der Waals surface area contributed by atoms with Gasteiger partial charge in [0.1, 0.15) is 6.10 Å². The van der Waals surface area contributed by atoms with Gasteiger partial charge in [-0.15, -0.1) is 0 Å². The van der Waals surface area contributed by atoms with Crippen LogP contribution < -0.4 is 0 Å². The van der Waals surface area contributed by atoms with Gasteiger partial charge in [-0.05, 0) is 50.4 Å². The minimum atomic E-state index is -6.06. The van der Waals surface area contributed by atoms with E-state index in [4.69, 9.17) is 5.26 Å². The first-order valence-corrected chi connectivity index (χ1v) is 8.68. The van der Waals surface area contributed by atoms with Gasteiger partial charge in [0.25, 0.3) is 5.60 Å². The number of hydrogen-bond acceptors (Lipinski definition) is 3. The van der Waals surface area contributed by atoms with E-state index in [0.717, 1.165) is 6.92 Å². The summed E-state index contributed by atoms with van der Waals surface area (Å²) in [6.07, 6.45) is -20.6. The molecular formula is C16H21F9O3. The van der Waals surface area contributed by atoms with Gasteiger partial charge in [0.2, 0.25) is 0 Å². The molecule has 3 nitrogen and oxygen atoms in total. The number of aliphatic hydroxyl groups is 1. The molecule has 0 amide bonds. The average molecular weight is 432 g/mol. The Hall–Kier alpha value is -0.750. The van der Waals surface area contributed by atoms with Crippen LogP contribution in [0.5, 0.6) is 0 Å². The molecule has 166 valence electrons. The smallest absolute Gasteiger partial charge is 0.373 e. The zero-order valence-corrected chi connectivity index (χ0v) is 14.9. The number of rotatable bonds is 5. The highest BCUT2D eigenvalue weighted by molar-refractivity contribution is 5.11. The van der Waals surface area contributed by atoms with Crippen LogP contribution in [0, 0.1) is 29.1 Å². The number of hydrogen-bond donors (Lipinski definition) is 2. The molecule has 0 heterocycles. The van der Waals surface area contributed by atoms with E-state index in [1.807, 2.05) is 0 Å². The van der Waals surface area contributed by atoms with Crippen molar-refractivity contribution in [2.24, 2.45) is 29.1 Å². The van der Waals surface area contributed by atoms with E-state index in [-0.39, 0.29) is 12.8 Å². The van der Waals surface area contributed by atoms with Crippen LogP contribution in [-0.4, -0.2) is 40.6 Å². The van der Waals surface area contributed by atoms with Crippen molar-refractivity contribution in [2.45, 2.75) is 69.8 Å². The molecule has 2 saturated carbocycles. The van der Waals surface area contributed by atoms with Crippen LogP contribution in [0.3, 0.4) is 0 Å². The van der Waals surface area contributed by atoms with Crippen LogP contribution in [0.25, 0.3) is 0 Å². The van der Waals surface area contributed by atoms with Gasteiger partial charge in [-0.3, -0.25) is 5.26 Å². The molecule has 6 atom stereocenters. The summed E-state index contributed by atoms with van der Waals surface area (Å²) in [5, 5.41) is 18.9. The molecule has 0 aromatic heterocycles. The molecule has 2 N–H and O–H groups in total. The second kappa shape index (κ2) is 6.90. The summed E-state index contributed by atoms with van der Waals surface area (Å²) in [7, 11) is 0. The first-order valence-electron chi connectivity index (χ1n) is 8.68. The molecule has 2 aliphatic carbocycles. The van der Waals surface area contributed by atoms with Crippen LogP contribution in [0.1, 0.15) is 39.5 Å². The van der Waals surface area contributed by atoms with Crippen molar-refractivity contribution in [1.29, 1.82) is 0 Å². The summed E-state index contributed by atoms with van der Waals surface area (Å²) in [5.41, 5.74) is -7.73. The maximum absolute atomic E-state index is 13.5. The highest BCUT2D eigenvalue weighted by Gasteiger charge is 2.77. The fraction of sp³-hybridized carbons (Fsp3) is 1.00. The zero-order valence-electron chi connectivity index (χ0n) is 14.9. The minimum Gasteiger partial charge on any atom is -0.373 e. The second-order valence-corrected chi connectivity index (χ2v) is 8.06. The molecule has 2 fully saturated rings. The van der Waals surface area contributed by atoms with Crippen molar-refractivity contribution in [3.05, 3.63) is 0 Å². The van der Waals surface area contributed by atoms with Gasteiger partial charge in [0.05, 0.1) is 5.41 Å². The van der Waals surface area contributed by atoms with Gasteiger partial charge in [0.15, 0.2) is 0 Å². The normalized spacial score (nSPS) is 32.5. The highest BCUT2D eigenvalue weighted by Crippen LogP contribution is 2.64. The molecule has 28 heavy (non-hydrogen) atoms. The molecule has 2 aliphatic rings. The summed E-state index contributed by atoms with van der Waals surface area (Å²) in [5.74, 6) is -6.06. The van der Waals surface area contributed by atoms with Gasteiger partial charge < -0.3 is 5.11 Å². The van der Waals surface area contributed by atoms with Crippen LogP contribution >= 0.6 is 0 Å². The summed E-state index contributed by atoms with van der Waals surface area (Å²) in [6.45, 7) is 1.83. The quantitative estimate of drug-likeness (QED) is 0.350. The lowest BCUT2D eigenvalue weighted by Crippen LogP contribution is -2.64. The van der Waals surface area contributed by atoms with Crippen molar-refractivity contribution in [1.82, 2.24) is 0 Å². The Kier molecular flexibility index (Phi) is 5.80. The summed E-state index contributed by atoms with van der Waals surface area (Å²) in [4.78, 5) is 4.04. The van der Waals surface area contributed by atoms with E-state index in [1.165, 1.54) is 0 Å². The molecule has 0 aromatic rings. The summed E-state index contributed by atoms with van der Waals surface area (Å²) >= 11 is 0. The van der Waals surface area contributed by atoms with E-state index in [0.29, 0.717) is 6.92 Å². The van der Waals surface area contributed by atoms with Gasteiger partial charge in [0, 0.05) is 5.92 Å². The Bertz CT molecular complexity index is 557. The SMILES string of the molecule is CCC(C)(C(OO)C1CC2CC1C(C(O)(C(F)(F)F)C(F)(F)F)C2)C(F)(F)F. The predicted octanol–water partition coefficient (Wildman–Crippen LogP) is 5.34.